The molecule has 1 amide bonds. The quantitative estimate of drug-likeness (QED) is 0.651. The Bertz CT molecular complexity index is 437. The second kappa shape index (κ2) is 4.87. The number of hydrogen-bond donors (Lipinski definition) is 2. The Morgan fingerprint density at radius 2 is 2.36 bits per heavy atom. The predicted molar refractivity (Wildman–Crippen MR) is 52.8 cm³/mol. The minimum Gasteiger partial charge on any atom is -0.340 e. The standard InChI is InChI=1S/C10H10N2O2/c1-2-3-7-11-10(14)8-5-4-6-9(13)12-8/h4-6H,7H2,1H3,(H,11,14)(H,12,13). The van der Waals surface area contributed by atoms with Gasteiger partial charge in [-0.15, -0.1) is 5.92 Å². The van der Waals surface area contributed by atoms with Crippen LogP contribution in [0, 0.1) is 11.8 Å². The van der Waals surface area contributed by atoms with E-state index < -0.39 is 0 Å². The Morgan fingerprint density at radius 1 is 1.57 bits per heavy atom. The summed E-state index contributed by atoms with van der Waals surface area (Å²) in [4.78, 5) is 24.6. The van der Waals surface area contributed by atoms with Crippen LogP contribution in [-0.4, -0.2) is 17.4 Å². The molecule has 1 heterocycles. The second-order valence-electron chi connectivity index (χ2n) is 2.54. The maximum atomic E-state index is 11.3. The molecule has 4 heteroatoms. The molecule has 0 fully saturated rings. The fourth-order valence-electron chi connectivity index (χ4n) is 0.888. The Hall–Kier alpha value is -2.02. The van der Waals surface area contributed by atoms with E-state index in [1.165, 1.54) is 18.2 Å². The second-order valence-corrected chi connectivity index (χ2v) is 2.54. The Labute approximate surface area is 81.3 Å². The minimum atomic E-state index is -0.328. The third-order valence-corrected chi connectivity index (χ3v) is 1.53. The van der Waals surface area contributed by atoms with Crippen molar-refractivity contribution >= 4 is 5.91 Å². The molecule has 0 aliphatic heterocycles. The smallest absolute Gasteiger partial charge is 0.268 e. The van der Waals surface area contributed by atoms with Gasteiger partial charge in [0, 0.05) is 6.07 Å². The van der Waals surface area contributed by atoms with E-state index in [9.17, 15) is 9.59 Å². The van der Waals surface area contributed by atoms with Gasteiger partial charge in [0.25, 0.3) is 5.91 Å². The van der Waals surface area contributed by atoms with Crippen LogP contribution in [0.2, 0.25) is 0 Å². The maximum Gasteiger partial charge on any atom is 0.268 e. The van der Waals surface area contributed by atoms with Gasteiger partial charge in [-0.25, -0.2) is 0 Å². The molecule has 1 aromatic heterocycles. The number of H-pyrrole nitrogens is 1. The molecule has 2 N–H and O–H groups in total. The van der Waals surface area contributed by atoms with Crippen molar-refractivity contribution in [2.75, 3.05) is 6.54 Å². The zero-order chi connectivity index (χ0) is 10.4. The molecular weight excluding hydrogens is 180 g/mol. The number of nitrogens with one attached hydrogen (secondary N) is 2. The van der Waals surface area contributed by atoms with Crippen molar-refractivity contribution in [3.05, 3.63) is 34.2 Å². The number of amides is 1. The van der Waals surface area contributed by atoms with Gasteiger partial charge in [0.2, 0.25) is 5.56 Å². The molecule has 1 aromatic rings. The summed E-state index contributed by atoms with van der Waals surface area (Å²) in [5.74, 6) is 5.01. The van der Waals surface area contributed by atoms with Gasteiger partial charge in [-0.05, 0) is 13.0 Å². The molecule has 0 spiro atoms. The molecule has 0 atom stereocenters. The molecule has 0 aliphatic carbocycles. The first-order valence-electron chi connectivity index (χ1n) is 4.11. The van der Waals surface area contributed by atoms with Gasteiger partial charge in [-0.1, -0.05) is 12.0 Å². The first-order chi connectivity index (χ1) is 6.74. The van der Waals surface area contributed by atoms with Crippen LogP contribution in [-0.2, 0) is 0 Å². The van der Waals surface area contributed by atoms with E-state index in [0.717, 1.165) is 0 Å². The number of carbonyl (C=O) groups excluding carboxylic acids is 1. The van der Waals surface area contributed by atoms with Crippen LogP contribution in [0.4, 0.5) is 0 Å². The van der Waals surface area contributed by atoms with Crippen molar-refractivity contribution in [3.8, 4) is 11.8 Å². The number of rotatable bonds is 2. The lowest BCUT2D eigenvalue weighted by Gasteiger charge is -1.99. The van der Waals surface area contributed by atoms with Crippen molar-refractivity contribution in [3.63, 3.8) is 0 Å². The Balaban J connectivity index is 2.68. The molecule has 14 heavy (non-hydrogen) atoms. The molecule has 0 bridgehead atoms. The highest BCUT2D eigenvalue weighted by atomic mass is 16.2. The van der Waals surface area contributed by atoms with E-state index in [-0.39, 0.29) is 23.7 Å². The number of aromatic nitrogens is 1. The van der Waals surface area contributed by atoms with Crippen molar-refractivity contribution in [1.29, 1.82) is 0 Å². The Morgan fingerprint density at radius 3 is 3.00 bits per heavy atom. The third kappa shape index (κ3) is 2.79. The van der Waals surface area contributed by atoms with Crippen molar-refractivity contribution in [1.82, 2.24) is 10.3 Å². The number of carbonyl (C=O) groups is 1. The summed E-state index contributed by atoms with van der Waals surface area (Å²) >= 11 is 0. The van der Waals surface area contributed by atoms with E-state index in [4.69, 9.17) is 0 Å². The zero-order valence-corrected chi connectivity index (χ0v) is 7.76. The van der Waals surface area contributed by atoms with Crippen molar-refractivity contribution in [2.45, 2.75) is 6.92 Å². The zero-order valence-electron chi connectivity index (χ0n) is 7.76. The van der Waals surface area contributed by atoms with Crippen LogP contribution in [0.3, 0.4) is 0 Å². The average Bonchev–Trinajstić information content (AvgIpc) is 2.18. The van der Waals surface area contributed by atoms with E-state index in [1.54, 1.807) is 6.92 Å². The first kappa shape index (κ1) is 10.1. The van der Waals surface area contributed by atoms with Gasteiger partial charge >= 0.3 is 0 Å². The van der Waals surface area contributed by atoms with E-state index >= 15 is 0 Å². The normalized spacial score (nSPS) is 8.64. The Kier molecular flexibility index (Phi) is 3.50. The number of pyridine rings is 1. The summed E-state index contributed by atoms with van der Waals surface area (Å²) in [6.07, 6.45) is 0. The summed E-state index contributed by atoms with van der Waals surface area (Å²) in [5, 5.41) is 2.54. The highest BCUT2D eigenvalue weighted by Gasteiger charge is 2.03. The van der Waals surface area contributed by atoms with Crippen LogP contribution >= 0.6 is 0 Å². The molecule has 0 saturated heterocycles. The van der Waals surface area contributed by atoms with Gasteiger partial charge < -0.3 is 10.3 Å². The summed E-state index contributed by atoms with van der Waals surface area (Å²) < 4.78 is 0. The molecule has 0 saturated carbocycles. The molecule has 72 valence electrons. The number of hydrogen-bond acceptors (Lipinski definition) is 2. The SMILES string of the molecule is CC#CCNC(=O)c1cccc(=O)[nH]1. The van der Waals surface area contributed by atoms with E-state index in [0.29, 0.717) is 0 Å². The third-order valence-electron chi connectivity index (χ3n) is 1.53. The molecular formula is C10H10N2O2. The molecule has 0 aromatic carbocycles. The van der Waals surface area contributed by atoms with Crippen LogP contribution in [0.1, 0.15) is 17.4 Å². The minimum absolute atomic E-state index is 0.246. The average molecular weight is 190 g/mol. The summed E-state index contributed by atoms with van der Waals surface area (Å²) in [6.45, 7) is 1.98. The molecule has 1 rings (SSSR count). The highest BCUT2D eigenvalue weighted by molar-refractivity contribution is 5.92. The van der Waals surface area contributed by atoms with Gasteiger partial charge in [-0.2, -0.15) is 0 Å². The molecule has 0 radical (unpaired) electrons. The van der Waals surface area contributed by atoms with Gasteiger partial charge in [0.15, 0.2) is 0 Å². The summed E-state index contributed by atoms with van der Waals surface area (Å²) in [5.41, 5.74) is -0.0466. The van der Waals surface area contributed by atoms with Gasteiger partial charge in [0.1, 0.15) is 5.69 Å². The number of aromatic amines is 1. The molecule has 0 aliphatic rings. The predicted octanol–water partition coefficient (Wildman–Crippen LogP) is 0.128. The fourth-order valence-corrected chi connectivity index (χ4v) is 0.888. The lowest BCUT2D eigenvalue weighted by molar-refractivity contribution is 0.0953. The van der Waals surface area contributed by atoms with Crippen LogP contribution in [0.25, 0.3) is 0 Å². The van der Waals surface area contributed by atoms with Gasteiger partial charge in [-0.3, -0.25) is 9.59 Å². The lowest BCUT2D eigenvalue weighted by atomic mass is 10.3. The van der Waals surface area contributed by atoms with Gasteiger partial charge in [0.05, 0.1) is 6.54 Å². The topological polar surface area (TPSA) is 62.0 Å². The van der Waals surface area contributed by atoms with Crippen LogP contribution in [0.5, 0.6) is 0 Å². The van der Waals surface area contributed by atoms with Crippen molar-refractivity contribution in [2.24, 2.45) is 0 Å². The largest absolute Gasteiger partial charge is 0.340 e. The van der Waals surface area contributed by atoms with Crippen molar-refractivity contribution < 1.29 is 4.79 Å². The molecule has 4 nitrogen and oxygen atoms in total. The highest BCUT2D eigenvalue weighted by Crippen LogP contribution is 1.88. The van der Waals surface area contributed by atoms with Crippen LogP contribution in [0.15, 0.2) is 23.0 Å². The first-order valence-corrected chi connectivity index (χ1v) is 4.11. The van der Waals surface area contributed by atoms with E-state index in [2.05, 4.69) is 22.1 Å². The summed E-state index contributed by atoms with van der Waals surface area (Å²) in [7, 11) is 0. The monoisotopic (exact) mass is 190 g/mol. The molecule has 0 unspecified atom stereocenters. The lowest BCUT2D eigenvalue weighted by Crippen LogP contribution is -2.26. The van der Waals surface area contributed by atoms with Crippen LogP contribution < -0.4 is 10.9 Å². The summed E-state index contributed by atoms with van der Waals surface area (Å²) in [6, 6.07) is 4.41. The van der Waals surface area contributed by atoms with E-state index in [1.807, 2.05) is 0 Å². The fraction of sp³-hybridized carbons (Fsp3) is 0.200. The maximum absolute atomic E-state index is 11.3.